The predicted molar refractivity (Wildman–Crippen MR) is 115 cm³/mol. The van der Waals surface area contributed by atoms with Crippen LogP contribution >= 0.6 is 11.3 Å². The van der Waals surface area contributed by atoms with Gasteiger partial charge in [-0.3, -0.25) is 9.36 Å². The first-order chi connectivity index (χ1) is 14.7. The first kappa shape index (κ1) is 19.2. The lowest BCUT2D eigenvalue weighted by Crippen LogP contribution is -2.39. The molecule has 1 aliphatic heterocycles. The lowest BCUT2D eigenvalue weighted by molar-refractivity contribution is -0.0395. The van der Waals surface area contributed by atoms with Crippen LogP contribution < -0.4 is 10.3 Å². The van der Waals surface area contributed by atoms with Crippen molar-refractivity contribution < 1.29 is 14.6 Å². The minimum Gasteiger partial charge on any atom is -0.473 e. The Bertz CT molecular complexity index is 1280. The Balaban J connectivity index is 1.69. The van der Waals surface area contributed by atoms with E-state index in [4.69, 9.17) is 9.47 Å². The zero-order chi connectivity index (χ0) is 20.7. The third-order valence-electron chi connectivity index (χ3n) is 5.60. The van der Waals surface area contributed by atoms with E-state index in [9.17, 15) is 9.90 Å². The molecule has 0 saturated carbocycles. The van der Waals surface area contributed by atoms with Crippen molar-refractivity contribution in [3.8, 4) is 5.19 Å². The van der Waals surface area contributed by atoms with Gasteiger partial charge in [0.05, 0.1) is 43.1 Å². The summed E-state index contributed by atoms with van der Waals surface area (Å²) in [5.41, 5.74) is 1.58. The van der Waals surface area contributed by atoms with Crippen molar-refractivity contribution in [3.63, 3.8) is 0 Å². The summed E-state index contributed by atoms with van der Waals surface area (Å²) >= 11 is 1.49. The van der Waals surface area contributed by atoms with Crippen LogP contribution in [0.4, 0.5) is 0 Å². The Kier molecular flexibility index (Phi) is 4.98. The number of ether oxygens (including phenoxy) is 2. The maximum absolute atomic E-state index is 13.4. The van der Waals surface area contributed by atoms with Crippen LogP contribution in [0.3, 0.4) is 0 Å². The number of thiazole rings is 1. The lowest BCUT2D eigenvalue weighted by Gasteiger charge is -2.29. The van der Waals surface area contributed by atoms with E-state index in [0.29, 0.717) is 35.5 Å². The minimum absolute atomic E-state index is 0.139. The molecule has 0 radical (unpaired) electrons. The van der Waals surface area contributed by atoms with Crippen molar-refractivity contribution in [1.82, 2.24) is 14.5 Å². The SMILES string of the molecule is COc1ncc(Cc2cc3c(=O)n(C4CCOCC4O)cnc3c3ccccc23)s1. The average Bonchev–Trinajstić information content (AvgIpc) is 3.23. The molecular formula is C22H21N3O4S. The van der Waals surface area contributed by atoms with Crippen LogP contribution in [-0.4, -0.2) is 46.1 Å². The van der Waals surface area contributed by atoms with Crippen molar-refractivity contribution in [2.45, 2.75) is 25.0 Å². The Morgan fingerprint density at radius 2 is 2.10 bits per heavy atom. The second kappa shape index (κ2) is 7.79. The number of benzene rings is 2. The summed E-state index contributed by atoms with van der Waals surface area (Å²) in [6.45, 7) is 0.744. The van der Waals surface area contributed by atoms with Gasteiger partial charge in [-0.1, -0.05) is 35.6 Å². The van der Waals surface area contributed by atoms with Crippen molar-refractivity contribution in [2.75, 3.05) is 20.3 Å². The molecule has 2 unspecified atom stereocenters. The van der Waals surface area contributed by atoms with Crippen molar-refractivity contribution >= 4 is 33.0 Å². The highest BCUT2D eigenvalue weighted by Crippen LogP contribution is 2.30. The second-order valence-corrected chi connectivity index (χ2v) is 8.48. The van der Waals surface area contributed by atoms with Crippen molar-refractivity contribution in [2.24, 2.45) is 0 Å². The second-order valence-electron chi connectivity index (χ2n) is 7.41. The summed E-state index contributed by atoms with van der Waals surface area (Å²) < 4.78 is 12.1. The molecule has 0 amide bonds. The maximum atomic E-state index is 13.4. The molecule has 1 N–H and O–H groups in total. The highest BCUT2D eigenvalue weighted by atomic mass is 32.1. The highest BCUT2D eigenvalue weighted by Gasteiger charge is 2.27. The van der Waals surface area contributed by atoms with Gasteiger partial charge < -0.3 is 14.6 Å². The third-order valence-corrected chi connectivity index (χ3v) is 6.56. The molecule has 7 nitrogen and oxygen atoms in total. The molecule has 0 bridgehead atoms. The lowest BCUT2D eigenvalue weighted by atomic mass is 9.98. The molecule has 1 aliphatic rings. The number of hydrogen-bond donors (Lipinski definition) is 1. The summed E-state index contributed by atoms with van der Waals surface area (Å²) in [6, 6.07) is 9.60. The normalized spacial score (nSPS) is 19.4. The van der Waals surface area contributed by atoms with Crippen LogP contribution in [0.5, 0.6) is 5.19 Å². The number of aliphatic hydroxyl groups is 1. The predicted octanol–water partition coefficient (Wildman–Crippen LogP) is 2.93. The van der Waals surface area contributed by atoms with E-state index in [0.717, 1.165) is 21.2 Å². The van der Waals surface area contributed by atoms with Crippen LogP contribution in [0, 0.1) is 0 Å². The Hall–Kier alpha value is -2.81. The summed E-state index contributed by atoms with van der Waals surface area (Å²) in [5, 5.41) is 13.5. The maximum Gasteiger partial charge on any atom is 0.273 e. The molecule has 154 valence electrons. The number of rotatable bonds is 4. The van der Waals surface area contributed by atoms with E-state index in [1.165, 1.54) is 11.3 Å². The van der Waals surface area contributed by atoms with Crippen LogP contribution in [0.15, 0.2) is 47.7 Å². The van der Waals surface area contributed by atoms with Crippen LogP contribution in [-0.2, 0) is 11.2 Å². The molecule has 2 aromatic carbocycles. The van der Waals surface area contributed by atoms with E-state index in [1.54, 1.807) is 18.0 Å². The number of aromatic nitrogens is 3. The monoisotopic (exact) mass is 423 g/mol. The third kappa shape index (κ3) is 3.27. The number of hydrogen-bond acceptors (Lipinski definition) is 7. The van der Waals surface area contributed by atoms with E-state index in [-0.39, 0.29) is 18.2 Å². The molecule has 2 atom stereocenters. The van der Waals surface area contributed by atoms with Gasteiger partial charge in [0.25, 0.3) is 10.8 Å². The topological polar surface area (TPSA) is 86.5 Å². The van der Waals surface area contributed by atoms with E-state index < -0.39 is 6.10 Å². The molecule has 0 spiro atoms. The molecule has 5 rings (SSSR count). The number of nitrogens with zero attached hydrogens (tertiary/aromatic N) is 3. The molecule has 2 aromatic heterocycles. The fourth-order valence-corrected chi connectivity index (χ4v) is 4.87. The van der Waals surface area contributed by atoms with E-state index >= 15 is 0 Å². The summed E-state index contributed by atoms with van der Waals surface area (Å²) in [4.78, 5) is 23.3. The zero-order valence-corrected chi connectivity index (χ0v) is 17.3. The van der Waals surface area contributed by atoms with Crippen LogP contribution in [0.2, 0.25) is 0 Å². The number of fused-ring (bicyclic) bond motifs is 3. The largest absolute Gasteiger partial charge is 0.473 e. The molecule has 3 heterocycles. The van der Waals surface area contributed by atoms with Gasteiger partial charge in [-0.25, -0.2) is 9.97 Å². The summed E-state index contributed by atoms with van der Waals surface area (Å²) in [5.74, 6) is 0. The first-order valence-electron chi connectivity index (χ1n) is 9.81. The van der Waals surface area contributed by atoms with Gasteiger partial charge in [0.15, 0.2) is 0 Å². The molecule has 8 heteroatoms. The smallest absolute Gasteiger partial charge is 0.273 e. The average molecular weight is 423 g/mol. The first-order valence-corrected chi connectivity index (χ1v) is 10.6. The number of methoxy groups -OCH3 is 1. The fraction of sp³-hybridized carbons (Fsp3) is 0.318. The van der Waals surface area contributed by atoms with E-state index in [1.807, 2.05) is 30.5 Å². The van der Waals surface area contributed by atoms with Gasteiger partial charge in [-0.2, -0.15) is 0 Å². The standard InChI is InChI=1S/C22H21N3O4S/c1-28-22-23-10-14(30-22)8-13-9-17-20(16-5-3-2-4-15(13)16)24-12-25(21(17)27)18-6-7-29-11-19(18)26/h2-5,9-10,12,18-19,26H,6-8,11H2,1H3. The summed E-state index contributed by atoms with van der Waals surface area (Å²) in [6.07, 6.45) is 3.87. The fourth-order valence-electron chi connectivity index (χ4n) is 4.12. The van der Waals surface area contributed by atoms with Gasteiger partial charge in [0, 0.05) is 29.5 Å². The zero-order valence-electron chi connectivity index (χ0n) is 16.4. The minimum atomic E-state index is -0.722. The number of aliphatic hydroxyl groups excluding tert-OH is 1. The van der Waals surface area contributed by atoms with Gasteiger partial charge >= 0.3 is 0 Å². The summed E-state index contributed by atoms with van der Waals surface area (Å²) in [7, 11) is 1.60. The molecule has 1 fully saturated rings. The molecule has 30 heavy (non-hydrogen) atoms. The van der Waals surface area contributed by atoms with Crippen LogP contribution in [0.1, 0.15) is 22.9 Å². The quantitative estimate of drug-likeness (QED) is 0.508. The van der Waals surface area contributed by atoms with Gasteiger partial charge in [0.1, 0.15) is 0 Å². The van der Waals surface area contributed by atoms with Crippen molar-refractivity contribution in [3.05, 3.63) is 63.7 Å². The molecule has 0 aliphatic carbocycles. The Morgan fingerprint density at radius 1 is 1.27 bits per heavy atom. The molecule has 1 saturated heterocycles. The molecule has 4 aromatic rings. The van der Waals surface area contributed by atoms with Gasteiger partial charge in [-0.15, -0.1) is 0 Å². The van der Waals surface area contributed by atoms with Gasteiger partial charge in [-0.05, 0) is 23.4 Å². The Morgan fingerprint density at radius 3 is 2.87 bits per heavy atom. The Labute approximate surface area is 176 Å². The van der Waals surface area contributed by atoms with Crippen molar-refractivity contribution in [1.29, 1.82) is 0 Å². The highest BCUT2D eigenvalue weighted by molar-refractivity contribution is 7.13. The molecular weight excluding hydrogens is 402 g/mol. The van der Waals surface area contributed by atoms with Crippen LogP contribution in [0.25, 0.3) is 21.7 Å². The van der Waals surface area contributed by atoms with E-state index in [2.05, 4.69) is 16.0 Å². The van der Waals surface area contributed by atoms with Gasteiger partial charge in [0.2, 0.25) is 0 Å².